The Labute approximate surface area is 135 Å². The lowest BCUT2D eigenvalue weighted by atomic mass is 9.66. The molecule has 0 unspecified atom stereocenters. The molecule has 0 atom stereocenters. The van der Waals surface area contributed by atoms with Gasteiger partial charge in [0.05, 0.1) is 5.56 Å². The minimum Gasteiger partial charge on any atom is -0.478 e. The highest BCUT2D eigenvalue weighted by Crippen LogP contribution is 2.52. The zero-order valence-electron chi connectivity index (χ0n) is 13.2. The van der Waals surface area contributed by atoms with Crippen LogP contribution in [0, 0.1) is 6.92 Å². The van der Waals surface area contributed by atoms with Gasteiger partial charge in [-0.1, -0.05) is 12.1 Å². The average Bonchev–Trinajstić information content (AvgIpc) is 2.56. The Bertz CT molecular complexity index is 777. The van der Waals surface area contributed by atoms with Crippen LogP contribution >= 0.6 is 0 Å². The van der Waals surface area contributed by atoms with Gasteiger partial charge in [0, 0.05) is 17.4 Å². The summed E-state index contributed by atoms with van der Waals surface area (Å²) < 4.78 is 0. The van der Waals surface area contributed by atoms with Crippen LogP contribution in [-0.2, 0) is 0 Å². The molecule has 0 amide bonds. The third kappa shape index (κ3) is 2.38. The highest BCUT2D eigenvalue weighted by atomic mass is 16.4. The highest BCUT2D eigenvalue weighted by molar-refractivity contribution is 5.91. The molecule has 0 aliphatic heterocycles. The van der Waals surface area contributed by atoms with Crippen molar-refractivity contribution in [2.75, 3.05) is 5.32 Å². The van der Waals surface area contributed by atoms with Crippen LogP contribution in [0.4, 0.5) is 11.5 Å². The standard InChI is InChI=1S/C19H20N2O2/c1-11-3-2-4-14(9-11)21-18-17-13-7-5-12(6-8-13)16(17)15(10-20-18)19(22)23/h2-4,9-10,12-13H,5-8H2,1H3,(H,20,21)(H,22,23). The van der Waals surface area contributed by atoms with Gasteiger partial charge in [0.1, 0.15) is 5.82 Å². The van der Waals surface area contributed by atoms with E-state index in [2.05, 4.69) is 29.4 Å². The number of pyridine rings is 1. The second-order valence-electron chi connectivity index (χ2n) is 6.70. The van der Waals surface area contributed by atoms with Crippen molar-refractivity contribution in [3.63, 3.8) is 0 Å². The van der Waals surface area contributed by atoms with E-state index < -0.39 is 5.97 Å². The number of benzene rings is 1. The maximum absolute atomic E-state index is 11.6. The first-order chi connectivity index (χ1) is 11.1. The van der Waals surface area contributed by atoms with Gasteiger partial charge in [0.15, 0.2) is 0 Å². The number of hydrogen-bond donors (Lipinski definition) is 2. The fourth-order valence-electron chi connectivity index (χ4n) is 4.19. The van der Waals surface area contributed by atoms with E-state index in [-0.39, 0.29) is 0 Å². The molecule has 2 N–H and O–H groups in total. The SMILES string of the molecule is Cc1cccc(Nc2ncc(C(=O)O)c3c2C2CCC3CC2)c1. The van der Waals surface area contributed by atoms with Gasteiger partial charge < -0.3 is 10.4 Å². The molecular weight excluding hydrogens is 288 g/mol. The molecule has 0 radical (unpaired) electrons. The van der Waals surface area contributed by atoms with Gasteiger partial charge in [-0.15, -0.1) is 0 Å². The van der Waals surface area contributed by atoms with Crippen LogP contribution in [0.2, 0.25) is 0 Å². The summed E-state index contributed by atoms with van der Waals surface area (Å²) in [7, 11) is 0. The molecule has 2 bridgehead atoms. The first kappa shape index (κ1) is 14.2. The minimum atomic E-state index is -0.858. The summed E-state index contributed by atoms with van der Waals surface area (Å²) >= 11 is 0. The largest absolute Gasteiger partial charge is 0.478 e. The zero-order valence-corrected chi connectivity index (χ0v) is 13.2. The normalized spacial score (nSPS) is 21.8. The quantitative estimate of drug-likeness (QED) is 0.870. The van der Waals surface area contributed by atoms with Gasteiger partial charge in [-0.3, -0.25) is 0 Å². The Morgan fingerprint density at radius 3 is 2.52 bits per heavy atom. The molecule has 23 heavy (non-hydrogen) atoms. The van der Waals surface area contributed by atoms with Gasteiger partial charge in [0.25, 0.3) is 0 Å². The molecule has 0 saturated heterocycles. The van der Waals surface area contributed by atoms with Crippen molar-refractivity contribution < 1.29 is 9.90 Å². The summed E-state index contributed by atoms with van der Waals surface area (Å²) in [5, 5.41) is 12.9. The molecule has 1 aromatic heterocycles. The number of carboxylic acid groups (broad SMARTS) is 1. The summed E-state index contributed by atoms with van der Waals surface area (Å²) in [5.41, 5.74) is 4.76. The Kier molecular flexibility index (Phi) is 3.33. The molecular formula is C19H20N2O2. The molecule has 0 spiro atoms. The molecule has 4 nitrogen and oxygen atoms in total. The Morgan fingerprint density at radius 2 is 1.87 bits per heavy atom. The van der Waals surface area contributed by atoms with E-state index in [4.69, 9.17) is 0 Å². The van der Waals surface area contributed by atoms with Crippen molar-refractivity contribution in [3.8, 4) is 0 Å². The van der Waals surface area contributed by atoms with Crippen LogP contribution in [0.3, 0.4) is 0 Å². The van der Waals surface area contributed by atoms with Crippen LogP contribution in [0.1, 0.15) is 64.6 Å². The van der Waals surface area contributed by atoms with Gasteiger partial charge in [-0.05, 0) is 67.7 Å². The number of aromatic nitrogens is 1. The summed E-state index contributed by atoms with van der Waals surface area (Å²) in [6, 6.07) is 8.18. The molecule has 2 aromatic rings. The van der Waals surface area contributed by atoms with Crippen molar-refractivity contribution in [1.82, 2.24) is 4.98 Å². The number of aromatic carboxylic acids is 1. The van der Waals surface area contributed by atoms with Crippen LogP contribution in [0.5, 0.6) is 0 Å². The van der Waals surface area contributed by atoms with E-state index in [1.807, 2.05) is 12.1 Å². The second kappa shape index (κ2) is 5.37. The molecule has 1 saturated carbocycles. The molecule has 1 aromatic carbocycles. The lowest BCUT2D eigenvalue weighted by Gasteiger charge is -2.39. The lowest BCUT2D eigenvalue weighted by molar-refractivity contribution is 0.0693. The third-order valence-corrected chi connectivity index (χ3v) is 5.21. The van der Waals surface area contributed by atoms with E-state index in [0.717, 1.165) is 48.3 Å². The van der Waals surface area contributed by atoms with E-state index in [1.54, 1.807) is 0 Å². The first-order valence-corrected chi connectivity index (χ1v) is 8.23. The number of fused-ring (bicyclic) bond motifs is 2. The zero-order chi connectivity index (χ0) is 16.0. The van der Waals surface area contributed by atoms with E-state index in [9.17, 15) is 9.90 Å². The van der Waals surface area contributed by atoms with Crippen molar-refractivity contribution in [2.45, 2.75) is 44.4 Å². The van der Waals surface area contributed by atoms with Crippen LogP contribution in [0.15, 0.2) is 30.5 Å². The van der Waals surface area contributed by atoms with Crippen molar-refractivity contribution >= 4 is 17.5 Å². The van der Waals surface area contributed by atoms with Crippen LogP contribution in [-0.4, -0.2) is 16.1 Å². The predicted octanol–water partition coefficient (Wildman–Crippen LogP) is 4.59. The number of rotatable bonds is 3. The number of carboxylic acids is 1. The molecule has 3 aliphatic carbocycles. The maximum Gasteiger partial charge on any atom is 0.337 e. The molecule has 118 valence electrons. The minimum absolute atomic E-state index is 0.377. The molecule has 5 rings (SSSR count). The fourth-order valence-corrected chi connectivity index (χ4v) is 4.19. The number of anilines is 2. The molecule has 1 heterocycles. The predicted molar refractivity (Wildman–Crippen MR) is 89.6 cm³/mol. The van der Waals surface area contributed by atoms with Crippen molar-refractivity contribution in [2.24, 2.45) is 0 Å². The highest BCUT2D eigenvalue weighted by Gasteiger charge is 2.38. The first-order valence-electron chi connectivity index (χ1n) is 8.23. The Balaban J connectivity index is 1.83. The lowest BCUT2D eigenvalue weighted by Crippen LogP contribution is -2.26. The van der Waals surface area contributed by atoms with Crippen molar-refractivity contribution in [3.05, 3.63) is 52.7 Å². The number of carbonyl (C=O) groups is 1. The Hall–Kier alpha value is -2.36. The van der Waals surface area contributed by atoms with Gasteiger partial charge in [-0.25, -0.2) is 9.78 Å². The van der Waals surface area contributed by atoms with Crippen molar-refractivity contribution in [1.29, 1.82) is 0 Å². The maximum atomic E-state index is 11.6. The molecule has 4 heteroatoms. The monoisotopic (exact) mass is 308 g/mol. The van der Waals surface area contributed by atoms with Crippen LogP contribution < -0.4 is 5.32 Å². The second-order valence-corrected chi connectivity index (χ2v) is 6.70. The fraction of sp³-hybridized carbons (Fsp3) is 0.368. The number of nitrogens with zero attached hydrogens (tertiary/aromatic N) is 1. The number of hydrogen-bond acceptors (Lipinski definition) is 3. The van der Waals surface area contributed by atoms with Gasteiger partial charge in [0.2, 0.25) is 0 Å². The third-order valence-electron chi connectivity index (χ3n) is 5.21. The number of aryl methyl sites for hydroxylation is 1. The Morgan fingerprint density at radius 1 is 1.17 bits per heavy atom. The van der Waals surface area contributed by atoms with Crippen LogP contribution in [0.25, 0.3) is 0 Å². The van der Waals surface area contributed by atoms with E-state index in [1.165, 1.54) is 11.8 Å². The molecule has 3 aliphatic rings. The van der Waals surface area contributed by atoms with E-state index in [0.29, 0.717) is 17.4 Å². The summed E-state index contributed by atoms with van der Waals surface area (Å²) in [6.45, 7) is 2.06. The summed E-state index contributed by atoms with van der Waals surface area (Å²) in [4.78, 5) is 16.1. The average molecular weight is 308 g/mol. The summed E-state index contributed by atoms with van der Waals surface area (Å²) in [6.07, 6.45) is 6.02. The topological polar surface area (TPSA) is 62.2 Å². The van der Waals surface area contributed by atoms with Gasteiger partial charge >= 0.3 is 5.97 Å². The summed E-state index contributed by atoms with van der Waals surface area (Å²) in [5.74, 6) is 0.796. The van der Waals surface area contributed by atoms with Gasteiger partial charge in [-0.2, -0.15) is 0 Å². The van der Waals surface area contributed by atoms with E-state index >= 15 is 0 Å². The smallest absolute Gasteiger partial charge is 0.337 e. The number of nitrogens with one attached hydrogen (secondary N) is 1. The molecule has 1 fully saturated rings.